The van der Waals surface area contributed by atoms with Crippen molar-refractivity contribution in [3.05, 3.63) is 82.4 Å². The van der Waals surface area contributed by atoms with Crippen LogP contribution in [0.1, 0.15) is 70.1 Å². The Morgan fingerprint density at radius 3 is 2.50 bits per heavy atom. The number of benzene rings is 2. The van der Waals surface area contributed by atoms with Crippen LogP contribution in [-0.4, -0.2) is 18.5 Å². The summed E-state index contributed by atoms with van der Waals surface area (Å²) in [6.45, 7) is 14.3. The van der Waals surface area contributed by atoms with Crippen LogP contribution in [0.4, 0.5) is 5.69 Å². The largest absolute Gasteiger partial charge is 0.385 e. The molecule has 0 unspecified atom stereocenters. The Morgan fingerprint density at radius 1 is 1.12 bits per heavy atom. The molecule has 0 bridgehead atoms. The van der Waals surface area contributed by atoms with Gasteiger partial charge in [-0.25, -0.2) is 0 Å². The zero-order valence-corrected chi connectivity index (χ0v) is 21.8. The Labute approximate surface area is 210 Å². The molecule has 0 heterocycles. The first-order valence-corrected chi connectivity index (χ1v) is 12.4. The average molecular weight is 479 g/mol. The second-order valence-electron chi connectivity index (χ2n) is 9.24. The molecule has 0 saturated heterocycles. The summed E-state index contributed by atoms with van der Waals surface area (Å²) in [7, 11) is 0. The molecule has 182 valence electrons. The molecule has 4 N–H and O–H groups in total. The Bertz CT molecular complexity index is 1040. The topological polar surface area (TPSA) is 71.8 Å². The van der Waals surface area contributed by atoms with Gasteiger partial charge in [0.05, 0.1) is 0 Å². The molecule has 4 nitrogen and oxygen atoms in total. The third-order valence-electron chi connectivity index (χ3n) is 6.16. The van der Waals surface area contributed by atoms with E-state index >= 15 is 0 Å². The maximum absolute atomic E-state index is 8.71. The smallest absolute Gasteiger partial charge is 0.0455 e. The van der Waals surface area contributed by atoms with Crippen LogP contribution >= 0.6 is 11.6 Å². The van der Waals surface area contributed by atoms with Gasteiger partial charge in [0.15, 0.2) is 0 Å². The van der Waals surface area contributed by atoms with Crippen molar-refractivity contribution in [3.8, 4) is 0 Å². The lowest BCUT2D eigenvalue weighted by atomic mass is 9.78. The van der Waals surface area contributed by atoms with Gasteiger partial charge in [-0.3, -0.25) is 0 Å². The highest BCUT2D eigenvalue weighted by Crippen LogP contribution is 2.33. The van der Waals surface area contributed by atoms with Gasteiger partial charge in [-0.1, -0.05) is 81.3 Å². The number of hydrogen-bond acceptors (Lipinski definition) is 4. The highest BCUT2D eigenvalue weighted by Gasteiger charge is 2.21. The molecule has 0 amide bonds. The molecule has 0 fully saturated rings. The second-order valence-corrected chi connectivity index (χ2v) is 9.65. The van der Waals surface area contributed by atoms with E-state index in [1.807, 2.05) is 55.5 Å². The summed E-state index contributed by atoms with van der Waals surface area (Å²) in [5.41, 5.74) is 6.40. The molecule has 2 aromatic carbocycles. The molecule has 2 aromatic rings. The molecular weight excluding hydrogens is 440 g/mol. The van der Waals surface area contributed by atoms with E-state index in [-0.39, 0.29) is 5.41 Å². The standard InChI is InChI=1S/C29H39ClN4/c1-6-10-21(3)29(4,5)16-15-25(32)18-28(34-20-24-11-8-9-12-26(24)30)22-13-14-23(19-31)27(17-22)33-7-2/h8-9,11-14,17-19,31-34H,3,6-7,10,15-16,20H2,1-2,4-5H3/b28-18-,31-19?,32-25?. The van der Waals surface area contributed by atoms with Gasteiger partial charge in [0, 0.05) is 47.0 Å². The highest BCUT2D eigenvalue weighted by molar-refractivity contribution is 6.31. The first kappa shape index (κ1) is 27.4. The van der Waals surface area contributed by atoms with Gasteiger partial charge < -0.3 is 21.5 Å². The minimum absolute atomic E-state index is 0.00509. The fraction of sp³-hybridized carbons (Fsp3) is 0.379. The van der Waals surface area contributed by atoms with E-state index in [9.17, 15) is 0 Å². The normalized spacial score (nSPS) is 11.7. The minimum atomic E-state index is 0.00509. The van der Waals surface area contributed by atoms with Crippen molar-refractivity contribution in [1.29, 1.82) is 10.8 Å². The molecule has 5 heteroatoms. The second kappa shape index (κ2) is 13.1. The van der Waals surface area contributed by atoms with Gasteiger partial charge in [0.1, 0.15) is 0 Å². The fourth-order valence-electron chi connectivity index (χ4n) is 3.77. The number of halogens is 1. The van der Waals surface area contributed by atoms with E-state index in [0.717, 1.165) is 53.9 Å². The van der Waals surface area contributed by atoms with Crippen molar-refractivity contribution in [1.82, 2.24) is 5.32 Å². The Kier molecular flexibility index (Phi) is 10.6. The molecule has 2 rings (SSSR count). The van der Waals surface area contributed by atoms with Crippen molar-refractivity contribution in [2.45, 2.75) is 59.9 Å². The van der Waals surface area contributed by atoms with Crippen molar-refractivity contribution in [3.63, 3.8) is 0 Å². The van der Waals surface area contributed by atoms with Crippen LogP contribution in [0.2, 0.25) is 5.02 Å². The molecule has 0 radical (unpaired) electrons. The van der Waals surface area contributed by atoms with E-state index < -0.39 is 0 Å². The predicted molar refractivity (Wildman–Crippen MR) is 150 cm³/mol. The first-order chi connectivity index (χ1) is 16.2. The first-order valence-electron chi connectivity index (χ1n) is 12.0. The summed E-state index contributed by atoms with van der Waals surface area (Å²) in [6, 6.07) is 13.8. The van der Waals surface area contributed by atoms with Gasteiger partial charge in [0.25, 0.3) is 0 Å². The number of anilines is 1. The van der Waals surface area contributed by atoms with E-state index in [4.69, 9.17) is 22.4 Å². The van der Waals surface area contributed by atoms with Crippen LogP contribution in [0.25, 0.3) is 5.70 Å². The molecule has 0 aliphatic rings. The number of hydrogen-bond donors (Lipinski definition) is 4. The lowest BCUT2D eigenvalue weighted by molar-refractivity contribution is 0.403. The third-order valence-corrected chi connectivity index (χ3v) is 6.53. The van der Waals surface area contributed by atoms with Crippen LogP contribution in [0, 0.1) is 16.2 Å². The number of rotatable bonds is 14. The number of allylic oxidation sites excluding steroid dienone is 2. The molecular formula is C29H39ClN4. The summed E-state index contributed by atoms with van der Waals surface area (Å²) in [5, 5.41) is 24.0. The summed E-state index contributed by atoms with van der Waals surface area (Å²) < 4.78 is 0. The van der Waals surface area contributed by atoms with Crippen molar-refractivity contribution in [2.24, 2.45) is 5.41 Å². The van der Waals surface area contributed by atoms with E-state index in [0.29, 0.717) is 23.7 Å². The van der Waals surface area contributed by atoms with Crippen LogP contribution < -0.4 is 10.6 Å². The van der Waals surface area contributed by atoms with E-state index in [2.05, 4.69) is 38.0 Å². The lowest BCUT2D eigenvalue weighted by Crippen LogP contribution is -2.17. The Balaban J connectivity index is 2.31. The van der Waals surface area contributed by atoms with Gasteiger partial charge in [-0.2, -0.15) is 0 Å². The molecule has 0 spiro atoms. The quantitative estimate of drug-likeness (QED) is 0.163. The van der Waals surface area contributed by atoms with Gasteiger partial charge >= 0.3 is 0 Å². The summed E-state index contributed by atoms with van der Waals surface area (Å²) in [6.07, 6.45) is 6.95. The van der Waals surface area contributed by atoms with Crippen LogP contribution in [0.15, 0.2) is 60.7 Å². The molecule has 0 aromatic heterocycles. The van der Waals surface area contributed by atoms with Gasteiger partial charge in [-0.15, -0.1) is 0 Å². The maximum Gasteiger partial charge on any atom is 0.0455 e. The molecule has 0 atom stereocenters. The van der Waals surface area contributed by atoms with Crippen molar-refractivity contribution < 1.29 is 0 Å². The average Bonchev–Trinajstić information content (AvgIpc) is 2.81. The van der Waals surface area contributed by atoms with Crippen LogP contribution in [-0.2, 0) is 6.54 Å². The third kappa shape index (κ3) is 7.88. The zero-order valence-electron chi connectivity index (χ0n) is 21.0. The minimum Gasteiger partial charge on any atom is -0.385 e. The lowest BCUT2D eigenvalue weighted by Gasteiger charge is -2.27. The summed E-state index contributed by atoms with van der Waals surface area (Å²) >= 11 is 6.38. The van der Waals surface area contributed by atoms with Crippen molar-refractivity contribution >= 4 is 34.9 Å². The van der Waals surface area contributed by atoms with Crippen molar-refractivity contribution in [2.75, 3.05) is 11.9 Å². The summed E-state index contributed by atoms with van der Waals surface area (Å²) in [5.74, 6) is 0. The van der Waals surface area contributed by atoms with Crippen LogP contribution in [0.3, 0.4) is 0 Å². The molecule has 34 heavy (non-hydrogen) atoms. The summed E-state index contributed by atoms with van der Waals surface area (Å²) in [4.78, 5) is 0. The number of nitrogens with one attached hydrogen (secondary N) is 4. The monoisotopic (exact) mass is 478 g/mol. The molecule has 0 aliphatic heterocycles. The fourth-order valence-corrected chi connectivity index (χ4v) is 3.97. The predicted octanol–water partition coefficient (Wildman–Crippen LogP) is 8.08. The van der Waals surface area contributed by atoms with E-state index in [1.165, 1.54) is 11.8 Å². The van der Waals surface area contributed by atoms with Gasteiger partial charge in [-0.05, 0) is 60.9 Å². The van der Waals surface area contributed by atoms with Gasteiger partial charge in [0.2, 0.25) is 0 Å². The van der Waals surface area contributed by atoms with E-state index in [1.54, 1.807) is 0 Å². The highest BCUT2D eigenvalue weighted by atomic mass is 35.5. The SMILES string of the molecule is C=C(CCC)C(C)(C)CCC(=N)/C=C(\NCc1ccccc1Cl)c1ccc(C=N)c(NCC)c1. The van der Waals surface area contributed by atoms with Crippen LogP contribution in [0.5, 0.6) is 0 Å². The zero-order chi connectivity index (χ0) is 25.1. The molecule has 0 aliphatic carbocycles. The molecule has 0 saturated carbocycles. The maximum atomic E-state index is 8.71. The Hall–Kier alpha value is -2.85. The Morgan fingerprint density at radius 2 is 1.85 bits per heavy atom.